The van der Waals surface area contributed by atoms with E-state index in [1.807, 2.05) is 18.2 Å². The van der Waals surface area contributed by atoms with Gasteiger partial charge in [-0.15, -0.1) is 0 Å². The van der Waals surface area contributed by atoms with Gasteiger partial charge in [0.1, 0.15) is 11.5 Å². The molecule has 0 radical (unpaired) electrons. The quantitative estimate of drug-likeness (QED) is 0.882. The summed E-state index contributed by atoms with van der Waals surface area (Å²) in [5, 5.41) is 6.75. The van der Waals surface area contributed by atoms with E-state index in [1.54, 1.807) is 20.1 Å². The van der Waals surface area contributed by atoms with Crippen LogP contribution in [-0.2, 0) is 0 Å². The van der Waals surface area contributed by atoms with E-state index >= 15 is 0 Å². The standard InChI is InChI=1S/C18H23N3O3/c1-13-10-16(20-24-13)18(22)19-12-17(21-8-3-4-9-21)14-6-5-7-15(11-14)23-2/h5-7,10-11,17H,3-4,8-9,12H2,1-2H3,(H,19,22)/t17-/m0/s1. The van der Waals surface area contributed by atoms with Crippen molar-refractivity contribution in [3.63, 3.8) is 0 Å². The Kier molecular flexibility index (Phi) is 5.15. The predicted molar refractivity (Wildman–Crippen MR) is 90.1 cm³/mol. The number of hydrogen-bond donors (Lipinski definition) is 1. The van der Waals surface area contributed by atoms with E-state index in [4.69, 9.17) is 9.26 Å². The molecule has 1 aliphatic rings. The minimum Gasteiger partial charge on any atom is -0.497 e. The first kappa shape index (κ1) is 16.5. The number of carbonyl (C=O) groups is 1. The molecule has 2 heterocycles. The number of ether oxygens (including phenoxy) is 1. The molecule has 1 amide bonds. The molecule has 1 aromatic heterocycles. The van der Waals surface area contributed by atoms with Crippen molar-refractivity contribution in [2.24, 2.45) is 0 Å². The molecule has 0 spiro atoms. The fourth-order valence-corrected chi connectivity index (χ4v) is 3.11. The van der Waals surface area contributed by atoms with Gasteiger partial charge >= 0.3 is 0 Å². The van der Waals surface area contributed by atoms with Gasteiger partial charge < -0.3 is 14.6 Å². The third kappa shape index (κ3) is 3.76. The zero-order chi connectivity index (χ0) is 16.9. The van der Waals surface area contributed by atoms with Crippen LogP contribution in [0.3, 0.4) is 0 Å². The molecule has 0 saturated carbocycles. The largest absolute Gasteiger partial charge is 0.497 e. The Labute approximate surface area is 141 Å². The topological polar surface area (TPSA) is 67.6 Å². The lowest BCUT2D eigenvalue weighted by Crippen LogP contribution is -2.36. The zero-order valence-corrected chi connectivity index (χ0v) is 14.1. The van der Waals surface area contributed by atoms with E-state index in [9.17, 15) is 4.79 Å². The van der Waals surface area contributed by atoms with Gasteiger partial charge in [0.05, 0.1) is 13.2 Å². The van der Waals surface area contributed by atoms with E-state index in [-0.39, 0.29) is 11.9 Å². The zero-order valence-electron chi connectivity index (χ0n) is 14.1. The Balaban J connectivity index is 1.73. The summed E-state index contributed by atoms with van der Waals surface area (Å²) in [5.74, 6) is 1.25. The van der Waals surface area contributed by atoms with Crippen molar-refractivity contribution in [2.75, 3.05) is 26.7 Å². The molecule has 3 rings (SSSR count). The maximum atomic E-state index is 12.3. The molecule has 1 atom stereocenters. The smallest absolute Gasteiger partial charge is 0.273 e. The summed E-state index contributed by atoms with van der Waals surface area (Å²) < 4.78 is 10.3. The number of nitrogens with one attached hydrogen (secondary N) is 1. The van der Waals surface area contributed by atoms with E-state index in [0.717, 1.165) is 24.4 Å². The van der Waals surface area contributed by atoms with Crippen molar-refractivity contribution < 1.29 is 14.1 Å². The lowest BCUT2D eigenvalue weighted by molar-refractivity contribution is 0.0929. The Morgan fingerprint density at radius 1 is 1.38 bits per heavy atom. The number of likely N-dealkylation sites (tertiary alicyclic amines) is 1. The summed E-state index contributed by atoms with van der Waals surface area (Å²) in [4.78, 5) is 14.7. The van der Waals surface area contributed by atoms with Crippen LogP contribution in [0.2, 0.25) is 0 Å². The first-order valence-electron chi connectivity index (χ1n) is 8.27. The van der Waals surface area contributed by atoms with Gasteiger partial charge in [-0.05, 0) is 50.6 Å². The van der Waals surface area contributed by atoms with Gasteiger partial charge in [-0.3, -0.25) is 9.69 Å². The van der Waals surface area contributed by atoms with E-state index < -0.39 is 0 Å². The number of aromatic nitrogens is 1. The van der Waals surface area contributed by atoms with Crippen molar-refractivity contribution >= 4 is 5.91 Å². The third-order valence-corrected chi connectivity index (χ3v) is 4.38. The average Bonchev–Trinajstić information content (AvgIpc) is 3.27. The highest BCUT2D eigenvalue weighted by Gasteiger charge is 2.25. The number of carbonyl (C=O) groups excluding carboxylic acids is 1. The number of aryl methyl sites for hydroxylation is 1. The molecule has 0 aliphatic carbocycles. The van der Waals surface area contributed by atoms with Crippen molar-refractivity contribution in [3.8, 4) is 5.75 Å². The average molecular weight is 329 g/mol. The van der Waals surface area contributed by atoms with Gasteiger partial charge in [-0.2, -0.15) is 0 Å². The highest BCUT2D eigenvalue weighted by molar-refractivity contribution is 5.92. The lowest BCUT2D eigenvalue weighted by atomic mass is 10.0. The second-order valence-corrected chi connectivity index (χ2v) is 6.07. The van der Waals surface area contributed by atoms with Crippen LogP contribution in [0.15, 0.2) is 34.9 Å². The molecule has 0 unspecified atom stereocenters. The molecule has 1 aliphatic heterocycles. The fraction of sp³-hybridized carbons (Fsp3) is 0.444. The van der Waals surface area contributed by atoms with Gasteiger partial charge in [0.25, 0.3) is 5.91 Å². The van der Waals surface area contributed by atoms with E-state index in [2.05, 4.69) is 21.4 Å². The number of hydrogen-bond acceptors (Lipinski definition) is 5. The van der Waals surface area contributed by atoms with Gasteiger partial charge in [0.15, 0.2) is 5.69 Å². The van der Waals surface area contributed by atoms with E-state index in [1.165, 1.54) is 12.8 Å². The van der Waals surface area contributed by atoms with Gasteiger partial charge in [0.2, 0.25) is 0 Å². The molecule has 1 N–H and O–H groups in total. The maximum absolute atomic E-state index is 12.3. The first-order chi connectivity index (χ1) is 11.7. The molecule has 128 valence electrons. The first-order valence-corrected chi connectivity index (χ1v) is 8.27. The number of methoxy groups -OCH3 is 1. The van der Waals surface area contributed by atoms with Crippen LogP contribution in [0.25, 0.3) is 0 Å². The second-order valence-electron chi connectivity index (χ2n) is 6.07. The highest BCUT2D eigenvalue weighted by Crippen LogP contribution is 2.27. The monoisotopic (exact) mass is 329 g/mol. The number of nitrogens with zero attached hydrogens (tertiary/aromatic N) is 2. The lowest BCUT2D eigenvalue weighted by Gasteiger charge is -2.28. The third-order valence-electron chi connectivity index (χ3n) is 4.38. The minimum atomic E-state index is -0.209. The van der Waals surface area contributed by atoms with Crippen LogP contribution in [0.1, 0.15) is 40.7 Å². The van der Waals surface area contributed by atoms with Gasteiger partial charge in [-0.25, -0.2) is 0 Å². The van der Waals surface area contributed by atoms with Crippen LogP contribution in [0.5, 0.6) is 5.75 Å². The SMILES string of the molecule is COc1cccc([C@H](CNC(=O)c2cc(C)on2)N2CCCC2)c1. The summed E-state index contributed by atoms with van der Waals surface area (Å²) in [7, 11) is 1.67. The predicted octanol–water partition coefficient (Wildman–Crippen LogP) is 2.56. The Bertz CT molecular complexity index is 692. The molecule has 1 aromatic carbocycles. The molecule has 2 aromatic rings. The fourth-order valence-electron chi connectivity index (χ4n) is 3.11. The molecular weight excluding hydrogens is 306 g/mol. The molecule has 1 saturated heterocycles. The normalized spacial score (nSPS) is 16.1. The van der Waals surface area contributed by atoms with Gasteiger partial charge in [0, 0.05) is 12.6 Å². The van der Waals surface area contributed by atoms with Crippen LogP contribution >= 0.6 is 0 Å². The molecule has 0 bridgehead atoms. The molecule has 6 heteroatoms. The Morgan fingerprint density at radius 3 is 2.83 bits per heavy atom. The number of rotatable bonds is 6. The number of benzene rings is 1. The van der Waals surface area contributed by atoms with Crippen molar-refractivity contribution in [1.82, 2.24) is 15.4 Å². The molecule has 1 fully saturated rings. The molecular formula is C18H23N3O3. The molecule has 6 nitrogen and oxygen atoms in total. The van der Waals surface area contributed by atoms with Crippen molar-refractivity contribution in [1.29, 1.82) is 0 Å². The van der Waals surface area contributed by atoms with Crippen LogP contribution < -0.4 is 10.1 Å². The summed E-state index contributed by atoms with van der Waals surface area (Å²) in [6, 6.07) is 9.81. The minimum absolute atomic E-state index is 0.125. The summed E-state index contributed by atoms with van der Waals surface area (Å²) in [6.45, 7) is 4.38. The van der Waals surface area contributed by atoms with E-state index in [0.29, 0.717) is 18.0 Å². The number of amides is 1. The molecule has 24 heavy (non-hydrogen) atoms. The van der Waals surface area contributed by atoms with Crippen LogP contribution in [0.4, 0.5) is 0 Å². The van der Waals surface area contributed by atoms with Crippen LogP contribution in [0, 0.1) is 6.92 Å². The summed E-state index contributed by atoms with van der Waals surface area (Å²) in [6.07, 6.45) is 2.38. The van der Waals surface area contributed by atoms with Crippen LogP contribution in [-0.4, -0.2) is 42.7 Å². The second kappa shape index (κ2) is 7.49. The maximum Gasteiger partial charge on any atom is 0.273 e. The van der Waals surface area contributed by atoms with Gasteiger partial charge in [-0.1, -0.05) is 17.3 Å². The van der Waals surface area contributed by atoms with Crippen molar-refractivity contribution in [3.05, 3.63) is 47.3 Å². The summed E-state index contributed by atoms with van der Waals surface area (Å²) >= 11 is 0. The summed E-state index contributed by atoms with van der Waals surface area (Å²) in [5.41, 5.74) is 1.46. The Hall–Kier alpha value is -2.34. The van der Waals surface area contributed by atoms with Crippen molar-refractivity contribution in [2.45, 2.75) is 25.8 Å². The highest BCUT2D eigenvalue weighted by atomic mass is 16.5. The Morgan fingerprint density at radius 2 is 2.17 bits per heavy atom.